The fourth-order valence-corrected chi connectivity index (χ4v) is 2.38. The minimum absolute atomic E-state index is 0.0460. The second-order valence-electron chi connectivity index (χ2n) is 5.94. The monoisotopic (exact) mass is 356 g/mol. The van der Waals surface area contributed by atoms with Crippen LogP contribution >= 0.6 is 0 Å². The smallest absolute Gasteiger partial charge is 0.251 e. The molecule has 0 saturated carbocycles. The maximum atomic E-state index is 12.6. The van der Waals surface area contributed by atoms with Crippen LogP contribution in [0.3, 0.4) is 0 Å². The van der Waals surface area contributed by atoms with E-state index in [1.54, 1.807) is 24.3 Å². The molecule has 1 atom stereocenters. The van der Waals surface area contributed by atoms with Gasteiger partial charge in [-0.3, -0.25) is 9.89 Å². The SMILES string of the molecule is CCOc1ccc(C(=O)NC(c2nc(-c3ncn[nH]3)no2)C(C)C)cc1. The molecule has 0 aliphatic rings. The van der Waals surface area contributed by atoms with Gasteiger partial charge in [-0.15, -0.1) is 0 Å². The van der Waals surface area contributed by atoms with Gasteiger partial charge < -0.3 is 14.6 Å². The van der Waals surface area contributed by atoms with Gasteiger partial charge in [0.1, 0.15) is 18.1 Å². The summed E-state index contributed by atoms with van der Waals surface area (Å²) in [5.41, 5.74) is 0.522. The summed E-state index contributed by atoms with van der Waals surface area (Å²) >= 11 is 0. The van der Waals surface area contributed by atoms with Gasteiger partial charge in [0.05, 0.1) is 6.61 Å². The molecule has 26 heavy (non-hydrogen) atoms. The zero-order valence-corrected chi connectivity index (χ0v) is 14.8. The summed E-state index contributed by atoms with van der Waals surface area (Å²) < 4.78 is 10.7. The lowest BCUT2D eigenvalue weighted by molar-refractivity contribution is 0.0914. The van der Waals surface area contributed by atoms with Gasteiger partial charge in [0, 0.05) is 5.56 Å². The van der Waals surface area contributed by atoms with Gasteiger partial charge in [0.15, 0.2) is 5.82 Å². The maximum absolute atomic E-state index is 12.6. The highest BCUT2D eigenvalue weighted by atomic mass is 16.5. The Morgan fingerprint density at radius 2 is 2.08 bits per heavy atom. The average molecular weight is 356 g/mol. The molecule has 2 N–H and O–H groups in total. The quantitative estimate of drug-likeness (QED) is 0.667. The third-order valence-corrected chi connectivity index (χ3v) is 3.72. The van der Waals surface area contributed by atoms with Gasteiger partial charge in [-0.25, -0.2) is 4.98 Å². The van der Waals surface area contributed by atoms with E-state index in [9.17, 15) is 4.79 Å². The molecular formula is C17H20N6O3. The molecule has 0 fully saturated rings. The molecule has 2 aromatic heterocycles. The molecule has 1 amide bonds. The Labute approximate surface area is 150 Å². The summed E-state index contributed by atoms with van der Waals surface area (Å²) in [5, 5.41) is 13.3. The summed E-state index contributed by atoms with van der Waals surface area (Å²) in [6.07, 6.45) is 1.36. The summed E-state index contributed by atoms with van der Waals surface area (Å²) in [5.74, 6) is 1.54. The number of benzene rings is 1. The number of aromatic amines is 1. The number of aromatic nitrogens is 5. The largest absolute Gasteiger partial charge is 0.494 e. The molecule has 1 unspecified atom stereocenters. The molecule has 3 rings (SSSR count). The number of hydrogen-bond donors (Lipinski definition) is 2. The number of carbonyl (C=O) groups excluding carboxylic acids is 1. The molecule has 9 heteroatoms. The summed E-state index contributed by atoms with van der Waals surface area (Å²) in [4.78, 5) is 20.9. The van der Waals surface area contributed by atoms with E-state index in [-0.39, 0.29) is 11.8 Å². The summed E-state index contributed by atoms with van der Waals surface area (Å²) in [6, 6.07) is 6.52. The molecule has 0 aliphatic carbocycles. The van der Waals surface area contributed by atoms with Crippen LogP contribution in [0.4, 0.5) is 0 Å². The third kappa shape index (κ3) is 3.88. The highest BCUT2D eigenvalue weighted by Crippen LogP contribution is 2.23. The predicted octanol–water partition coefficient (Wildman–Crippen LogP) is 2.38. The van der Waals surface area contributed by atoms with Crippen molar-refractivity contribution >= 4 is 5.91 Å². The second kappa shape index (κ2) is 7.77. The van der Waals surface area contributed by atoms with Crippen LogP contribution in [0.5, 0.6) is 5.75 Å². The molecule has 136 valence electrons. The normalized spacial score (nSPS) is 12.2. The first-order valence-electron chi connectivity index (χ1n) is 8.31. The van der Waals surface area contributed by atoms with E-state index in [0.29, 0.717) is 29.7 Å². The lowest BCUT2D eigenvalue weighted by atomic mass is 10.0. The third-order valence-electron chi connectivity index (χ3n) is 3.72. The van der Waals surface area contributed by atoms with Crippen molar-refractivity contribution in [1.82, 2.24) is 30.6 Å². The summed E-state index contributed by atoms with van der Waals surface area (Å²) in [6.45, 7) is 6.40. The number of hydrogen-bond acceptors (Lipinski definition) is 7. The number of ether oxygens (including phenoxy) is 1. The Bertz CT molecular complexity index is 842. The van der Waals surface area contributed by atoms with E-state index < -0.39 is 6.04 Å². The van der Waals surface area contributed by atoms with Crippen molar-refractivity contribution in [3.05, 3.63) is 42.0 Å². The van der Waals surface area contributed by atoms with Gasteiger partial charge in [0.25, 0.3) is 5.91 Å². The van der Waals surface area contributed by atoms with Crippen LogP contribution < -0.4 is 10.1 Å². The van der Waals surface area contributed by atoms with Gasteiger partial charge in [-0.2, -0.15) is 10.1 Å². The van der Waals surface area contributed by atoms with Gasteiger partial charge in [-0.05, 0) is 37.1 Å². The topological polar surface area (TPSA) is 119 Å². The molecule has 9 nitrogen and oxygen atoms in total. The Hall–Kier alpha value is -3.23. The Morgan fingerprint density at radius 1 is 1.31 bits per heavy atom. The number of H-pyrrole nitrogens is 1. The molecule has 0 bridgehead atoms. The molecule has 0 spiro atoms. The molecule has 2 heterocycles. The van der Waals surface area contributed by atoms with Crippen LogP contribution in [0.15, 0.2) is 35.1 Å². The van der Waals surface area contributed by atoms with E-state index >= 15 is 0 Å². The molecular weight excluding hydrogens is 336 g/mol. The van der Waals surface area contributed by atoms with Crippen LogP contribution in [0.2, 0.25) is 0 Å². The Kier molecular flexibility index (Phi) is 5.26. The van der Waals surface area contributed by atoms with Gasteiger partial charge >= 0.3 is 0 Å². The fourth-order valence-electron chi connectivity index (χ4n) is 2.38. The van der Waals surface area contributed by atoms with Crippen LogP contribution in [0.25, 0.3) is 11.6 Å². The van der Waals surface area contributed by atoms with Crippen LogP contribution in [-0.2, 0) is 0 Å². The zero-order valence-electron chi connectivity index (χ0n) is 14.8. The molecule has 0 aliphatic heterocycles. The van der Waals surface area contributed by atoms with E-state index in [1.807, 2.05) is 20.8 Å². The minimum Gasteiger partial charge on any atom is -0.494 e. The number of nitrogens with zero attached hydrogens (tertiary/aromatic N) is 4. The first kappa shape index (κ1) is 17.6. The number of rotatable bonds is 7. The van der Waals surface area contributed by atoms with Crippen molar-refractivity contribution in [2.75, 3.05) is 6.61 Å². The molecule has 1 aromatic carbocycles. The number of carbonyl (C=O) groups is 1. The highest BCUT2D eigenvalue weighted by Gasteiger charge is 2.26. The fraction of sp³-hybridized carbons (Fsp3) is 0.353. The van der Waals surface area contributed by atoms with E-state index in [0.717, 1.165) is 5.75 Å². The highest BCUT2D eigenvalue weighted by molar-refractivity contribution is 5.94. The maximum Gasteiger partial charge on any atom is 0.251 e. The van der Waals surface area contributed by atoms with E-state index in [2.05, 4.69) is 30.6 Å². The van der Waals surface area contributed by atoms with Crippen LogP contribution in [-0.4, -0.2) is 37.8 Å². The van der Waals surface area contributed by atoms with E-state index in [1.165, 1.54) is 6.33 Å². The van der Waals surface area contributed by atoms with Crippen molar-refractivity contribution in [3.8, 4) is 17.4 Å². The lowest BCUT2D eigenvalue weighted by Crippen LogP contribution is -2.32. The van der Waals surface area contributed by atoms with Gasteiger partial charge in [-0.1, -0.05) is 19.0 Å². The van der Waals surface area contributed by atoms with Crippen LogP contribution in [0, 0.1) is 5.92 Å². The van der Waals surface area contributed by atoms with Crippen molar-refractivity contribution in [1.29, 1.82) is 0 Å². The predicted molar refractivity (Wildman–Crippen MR) is 92.3 cm³/mol. The molecule has 0 saturated heterocycles. The Balaban J connectivity index is 1.75. The average Bonchev–Trinajstić information content (AvgIpc) is 3.31. The lowest BCUT2D eigenvalue weighted by Gasteiger charge is -2.18. The molecule has 0 radical (unpaired) electrons. The minimum atomic E-state index is -0.432. The van der Waals surface area contributed by atoms with Crippen molar-refractivity contribution in [3.63, 3.8) is 0 Å². The first-order chi connectivity index (χ1) is 12.6. The van der Waals surface area contributed by atoms with Crippen molar-refractivity contribution in [2.24, 2.45) is 5.92 Å². The zero-order chi connectivity index (χ0) is 18.5. The molecule has 3 aromatic rings. The first-order valence-corrected chi connectivity index (χ1v) is 8.31. The second-order valence-corrected chi connectivity index (χ2v) is 5.94. The van der Waals surface area contributed by atoms with Crippen molar-refractivity contribution in [2.45, 2.75) is 26.8 Å². The standard InChI is InChI=1S/C17H20N6O3/c1-4-25-12-7-5-11(6-8-12)16(24)20-13(10(2)3)17-21-15(23-26-17)14-18-9-19-22-14/h5-10,13H,4H2,1-3H3,(H,20,24)(H,18,19,22). The summed E-state index contributed by atoms with van der Waals surface area (Å²) in [7, 11) is 0. The number of amides is 1. The van der Waals surface area contributed by atoms with Crippen molar-refractivity contribution < 1.29 is 14.1 Å². The van der Waals surface area contributed by atoms with Gasteiger partial charge in [0.2, 0.25) is 11.7 Å². The number of nitrogens with one attached hydrogen (secondary N) is 2. The van der Waals surface area contributed by atoms with E-state index in [4.69, 9.17) is 9.26 Å². The van der Waals surface area contributed by atoms with Crippen LogP contribution in [0.1, 0.15) is 43.1 Å². The Morgan fingerprint density at radius 3 is 2.69 bits per heavy atom.